The molecule has 0 saturated carbocycles. The Kier molecular flexibility index (Phi) is 10.8. The molecule has 0 bridgehead atoms. The lowest BCUT2D eigenvalue weighted by Crippen LogP contribution is -2.52. The van der Waals surface area contributed by atoms with Crippen molar-refractivity contribution in [3.05, 3.63) is 76.4 Å². The molecule has 0 unspecified atom stereocenters. The summed E-state index contributed by atoms with van der Waals surface area (Å²) in [6.45, 7) is 10.9. The summed E-state index contributed by atoms with van der Waals surface area (Å²) in [5.41, 5.74) is 10.4. The average molecular weight is 781 g/mol. The number of nitrogen functional groups attached to an aromatic ring is 1. The van der Waals surface area contributed by atoms with E-state index in [-0.39, 0.29) is 58.3 Å². The lowest BCUT2D eigenvalue weighted by molar-refractivity contribution is -0.137. The predicted molar refractivity (Wildman–Crippen MR) is 211 cm³/mol. The third-order valence-electron chi connectivity index (χ3n) is 11.6. The Balaban J connectivity index is 0.854. The molecule has 3 fully saturated rings. The van der Waals surface area contributed by atoms with Gasteiger partial charge in [0.15, 0.2) is 17.5 Å². The molecule has 16 heteroatoms. The maximum atomic E-state index is 16.2. The van der Waals surface area contributed by atoms with E-state index in [1.165, 1.54) is 18.5 Å². The Morgan fingerprint density at radius 3 is 2.16 bits per heavy atom. The van der Waals surface area contributed by atoms with Crippen LogP contribution in [0.1, 0.15) is 65.2 Å². The topological polar surface area (TPSA) is 178 Å². The summed E-state index contributed by atoms with van der Waals surface area (Å²) in [4.78, 5) is 54.3. The van der Waals surface area contributed by atoms with Gasteiger partial charge in [-0.05, 0) is 60.2 Å². The number of aromatic nitrogens is 4. The van der Waals surface area contributed by atoms with Gasteiger partial charge in [0.2, 0.25) is 17.7 Å². The minimum atomic E-state index is -0.493. The van der Waals surface area contributed by atoms with Gasteiger partial charge in [-0.25, -0.2) is 19.9 Å². The second kappa shape index (κ2) is 16.1. The van der Waals surface area contributed by atoms with Crippen molar-refractivity contribution in [1.82, 2.24) is 34.6 Å². The van der Waals surface area contributed by atoms with Crippen LogP contribution in [0.3, 0.4) is 0 Å². The standard InChI is InChI=1S/C41H49FN10O5/c1-25(2)31-18-32(34(54)19-33(31)53)40(56)52-23-28-4-3-26(17-29(28)24-52)22-48-7-5-27(6-8-48)39(55)51-11-9-49(10-12-51)37-35(42)38(50-13-15-57-16-14-50)47-36(46-37)30-20-44-41(43)45-21-30/h3-4,17-21,25,27,53-54H,5-16,22-24H2,1-2H3,(H2,43,44,45). The maximum Gasteiger partial charge on any atom is 0.258 e. The second-order valence-corrected chi connectivity index (χ2v) is 15.6. The number of aromatic hydroxyl groups is 2. The second-order valence-electron chi connectivity index (χ2n) is 15.6. The van der Waals surface area contributed by atoms with E-state index in [9.17, 15) is 19.8 Å². The van der Waals surface area contributed by atoms with Gasteiger partial charge >= 0.3 is 0 Å². The lowest BCUT2D eigenvalue weighted by Gasteiger charge is -2.39. The van der Waals surface area contributed by atoms with Crippen LogP contribution in [0.2, 0.25) is 0 Å². The van der Waals surface area contributed by atoms with Crippen molar-refractivity contribution in [2.45, 2.75) is 52.2 Å². The summed E-state index contributed by atoms with van der Waals surface area (Å²) >= 11 is 0. The first-order valence-electron chi connectivity index (χ1n) is 19.7. The predicted octanol–water partition coefficient (Wildman–Crippen LogP) is 3.74. The molecule has 4 aliphatic rings. The van der Waals surface area contributed by atoms with Crippen molar-refractivity contribution < 1.29 is 28.9 Å². The number of rotatable bonds is 8. The SMILES string of the molecule is CC(C)c1cc(C(=O)N2Cc3ccc(CN4CCC(C(=O)N5CCN(c6nc(-c7cnc(N)nc7)nc(N7CCOCC7)c6F)CC5)CC4)cc3C2)c(O)cc1O. The summed E-state index contributed by atoms with van der Waals surface area (Å²) < 4.78 is 21.6. The van der Waals surface area contributed by atoms with Gasteiger partial charge in [-0.2, -0.15) is 4.39 Å². The van der Waals surface area contributed by atoms with Gasteiger partial charge in [0.1, 0.15) is 11.5 Å². The Labute approximate surface area is 330 Å². The van der Waals surface area contributed by atoms with Crippen molar-refractivity contribution in [3.8, 4) is 22.9 Å². The fraction of sp³-hybridized carbons (Fsp3) is 0.463. The highest BCUT2D eigenvalue weighted by atomic mass is 19.1. The number of piperidine rings is 1. The van der Waals surface area contributed by atoms with E-state index in [4.69, 9.17) is 10.5 Å². The molecule has 0 atom stereocenters. The number of anilines is 3. The third-order valence-corrected chi connectivity index (χ3v) is 11.6. The minimum absolute atomic E-state index is 0.000669. The number of carbonyl (C=O) groups excluding carboxylic acids is 2. The quantitative estimate of drug-likeness (QED) is 0.236. The van der Waals surface area contributed by atoms with E-state index in [1.54, 1.807) is 11.0 Å². The Morgan fingerprint density at radius 2 is 1.49 bits per heavy atom. The first-order chi connectivity index (χ1) is 27.5. The van der Waals surface area contributed by atoms with Gasteiger partial charge in [-0.3, -0.25) is 14.5 Å². The number of nitrogens with two attached hydrogens (primary N) is 1. The van der Waals surface area contributed by atoms with Crippen LogP contribution in [0.15, 0.2) is 42.7 Å². The number of carbonyl (C=O) groups is 2. The summed E-state index contributed by atoms with van der Waals surface area (Å²) in [7, 11) is 0. The highest BCUT2D eigenvalue weighted by Gasteiger charge is 2.33. The van der Waals surface area contributed by atoms with Crippen LogP contribution < -0.4 is 15.5 Å². The molecule has 3 saturated heterocycles. The maximum absolute atomic E-state index is 16.2. The number of ether oxygens (including phenoxy) is 1. The van der Waals surface area contributed by atoms with E-state index in [1.807, 2.05) is 28.5 Å². The number of likely N-dealkylation sites (tertiary alicyclic amines) is 1. The van der Waals surface area contributed by atoms with Crippen LogP contribution >= 0.6 is 0 Å². The number of nitrogens with zero attached hydrogens (tertiary/aromatic N) is 9. The molecule has 4 N–H and O–H groups in total. The van der Waals surface area contributed by atoms with E-state index < -0.39 is 5.82 Å². The molecule has 15 nitrogen and oxygen atoms in total. The van der Waals surface area contributed by atoms with Gasteiger partial charge in [0.25, 0.3) is 5.91 Å². The molecule has 2 aromatic carbocycles. The van der Waals surface area contributed by atoms with Crippen molar-refractivity contribution in [2.75, 3.05) is 81.1 Å². The van der Waals surface area contributed by atoms with Crippen LogP contribution in [-0.4, -0.2) is 122 Å². The Bertz CT molecular complexity index is 2130. The molecule has 0 spiro atoms. The van der Waals surface area contributed by atoms with Crippen LogP contribution in [0.4, 0.5) is 22.0 Å². The summed E-state index contributed by atoms with van der Waals surface area (Å²) in [6, 6.07) is 9.19. The zero-order valence-corrected chi connectivity index (χ0v) is 32.4. The highest BCUT2D eigenvalue weighted by Crippen LogP contribution is 2.35. The van der Waals surface area contributed by atoms with Gasteiger partial charge in [0, 0.05) is 83.3 Å². The largest absolute Gasteiger partial charge is 0.508 e. The molecular weight excluding hydrogens is 732 g/mol. The molecular formula is C41H49FN10O5. The number of fused-ring (bicyclic) bond motifs is 1. The van der Waals surface area contributed by atoms with E-state index in [0.717, 1.165) is 49.2 Å². The monoisotopic (exact) mass is 780 g/mol. The lowest BCUT2D eigenvalue weighted by atomic mass is 9.94. The van der Waals surface area contributed by atoms with Gasteiger partial charge < -0.3 is 40.3 Å². The molecule has 4 aliphatic heterocycles. The molecule has 0 aliphatic carbocycles. The number of piperazine rings is 1. The smallest absolute Gasteiger partial charge is 0.258 e. The van der Waals surface area contributed by atoms with Crippen LogP contribution in [0, 0.1) is 11.7 Å². The van der Waals surface area contributed by atoms with Crippen LogP contribution in [0.5, 0.6) is 11.5 Å². The summed E-state index contributed by atoms with van der Waals surface area (Å²) in [5, 5.41) is 20.7. The number of benzene rings is 2. The number of morpholine rings is 1. The number of hydrogen-bond acceptors (Lipinski definition) is 13. The average Bonchev–Trinajstić information content (AvgIpc) is 3.65. The van der Waals surface area contributed by atoms with Crippen molar-refractivity contribution in [2.24, 2.45) is 5.92 Å². The fourth-order valence-electron chi connectivity index (χ4n) is 8.28. The first kappa shape index (κ1) is 38.3. The Hall–Kier alpha value is -5.61. The first-order valence-corrected chi connectivity index (χ1v) is 19.7. The number of hydrogen-bond donors (Lipinski definition) is 3. The molecule has 8 rings (SSSR count). The molecule has 2 amide bonds. The van der Waals surface area contributed by atoms with Gasteiger partial charge in [0.05, 0.1) is 24.3 Å². The Morgan fingerprint density at radius 1 is 0.842 bits per heavy atom. The van der Waals surface area contributed by atoms with E-state index >= 15 is 4.39 Å². The molecule has 0 radical (unpaired) electrons. The molecule has 4 aromatic rings. The summed E-state index contributed by atoms with van der Waals surface area (Å²) in [5.74, 6) is -0.0781. The highest BCUT2D eigenvalue weighted by molar-refractivity contribution is 5.97. The van der Waals surface area contributed by atoms with Gasteiger partial charge in [-0.15, -0.1) is 0 Å². The number of halogens is 1. The molecule has 2 aromatic heterocycles. The van der Waals surface area contributed by atoms with Crippen molar-refractivity contribution >= 4 is 29.4 Å². The normalized spacial score (nSPS) is 18.0. The van der Waals surface area contributed by atoms with Crippen molar-refractivity contribution in [3.63, 3.8) is 0 Å². The zero-order valence-electron chi connectivity index (χ0n) is 32.4. The number of amides is 2. The summed E-state index contributed by atoms with van der Waals surface area (Å²) in [6.07, 6.45) is 4.59. The third kappa shape index (κ3) is 8.01. The zero-order chi connectivity index (χ0) is 39.8. The molecule has 57 heavy (non-hydrogen) atoms. The number of phenolic OH excluding ortho intramolecular Hbond substituents is 2. The molecule has 6 heterocycles. The van der Waals surface area contributed by atoms with E-state index in [2.05, 4.69) is 43.0 Å². The van der Waals surface area contributed by atoms with Gasteiger partial charge in [-0.1, -0.05) is 32.0 Å². The van der Waals surface area contributed by atoms with E-state index in [0.29, 0.717) is 82.5 Å². The van der Waals surface area contributed by atoms with Crippen molar-refractivity contribution in [1.29, 1.82) is 0 Å². The van der Waals surface area contributed by atoms with Crippen LogP contribution in [-0.2, 0) is 29.2 Å². The fourth-order valence-corrected chi connectivity index (χ4v) is 8.28. The minimum Gasteiger partial charge on any atom is -0.508 e. The van der Waals surface area contributed by atoms with Crippen LogP contribution in [0.25, 0.3) is 11.4 Å². The number of phenols is 2. The molecule has 300 valence electrons.